The molecule has 4 atom stereocenters. The Morgan fingerprint density at radius 3 is 2.45 bits per heavy atom. The lowest BCUT2D eigenvalue weighted by Crippen LogP contribution is -2.39. The first-order chi connectivity index (χ1) is 5.29. The topological polar surface area (TPSA) is 12.0 Å². The molecule has 1 aliphatic heterocycles. The first-order valence-electron chi connectivity index (χ1n) is 5.02. The molecule has 0 aromatic carbocycles. The molecule has 1 heteroatoms. The highest BCUT2D eigenvalue weighted by Crippen LogP contribution is 2.38. The summed E-state index contributed by atoms with van der Waals surface area (Å²) < 4.78 is 0. The zero-order chi connectivity index (χ0) is 7.84. The van der Waals surface area contributed by atoms with Crippen LogP contribution in [0.3, 0.4) is 0 Å². The van der Waals surface area contributed by atoms with E-state index in [1.165, 1.54) is 25.8 Å². The minimum Gasteiger partial charge on any atom is -0.313 e. The lowest BCUT2D eigenvalue weighted by Gasteiger charge is -2.36. The maximum absolute atomic E-state index is 3.64. The van der Waals surface area contributed by atoms with Gasteiger partial charge in [0.05, 0.1) is 0 Å². The van der Waals surface area contributed by atoms with Crippen LogP contribution >= 0.6 is 0 Å². The fourth-order valence-corrected chi connectivity index (χ4v) is 2.93. The first-order valence-corrected chi connectivity index (χ1v) is 5.02. The SMILES string of the molecule is CC1CCC(C)C2NCCC12. The molecule has 1 aliphatic carbocycles. The van der Waals surface area contributed by atoms with Crippen LogP contribution in [-0.2, 0) is 0 Å². The molecule has 1 saturated carbocycles. The minimum atomic E-state index is 0.860. The van der Waals surface area contributed by atoms with Gasteiger partial charge in [0.1, 0.15) is 0 Å². The fourth-order valence-electron chi connectivity index (χ4n) is 2.93. The van der Waals surface area contributed by atoms with Gasteiger partial charge in [0, 0.05) is 6.04 Å². The zero-order valence-electron chi connectivity index (χ0n) is 7.64. The second-order valence-corrected chi connectivity index (χ2v) is 4.46. The summed E-state index contributed by atoms with van der Waals surface area (Å²) in [5.41, 5.74) is 0. The van der Waals surface area contributed by atoms with Crippen molar-refractivity contribution >= 4 is 0 Å². The molecule has 0 radical (unpaired) electrons. The first kappa shape index (κ1) is 7.60. The molecule has 4 unspecified atom stereocenters. The molecule has 1 saturated heterocycles. The zero-order valence-corrected chi connectivity index (χ0v) is 7.64. The molecular formula is C10H19N. The molecule has 1 N–H and O–H groups in total. The molecule has 2 aliphatic rings. The van der Waals surface area contributed by atoms with Crippen LogP contribution < -0.4 is 5.32 Å². The Morgan fingerprint density at radius 1 is 1.00 bits per heavy atom. The van der Waals surface area contributed by atoms with Crippen LogP contribution in [0.2, 0.25) is 0 Å². The normalized spacial score (nSPS) is 50.7. The maximum atomic E-state index is 3.64. The number of rotatable bonds is 0. The lowest BCUT2D eigenvalue weighted by molar-refractivity contribution is 0.179. The Balaban J connectivity index is 2.08. The molecule has 0 aromatic rings. The molecule has 0 bridgehead atoms. The molecule has 0 aromatic heterocycles. The van der Waals surface area contributed by atoms with Gasteiger partial charge >= 0.3 is 0 Å². The molecule has 2 rings (SSSR count). The van der Waals surface area contributed by atoms with E-state index in [2.05, 4.69) is 19.2 Å². The summed E-state index contributed by atoms with van der Waals surface area (Å²) in [6.07, 6.45) is 4.33. The monoisotopic (exact) mass is 153 g/mol. The van der Waals surface area contributed by atoms with E-state index in [1.54, 1.807) is 0 Å². The van der Waals surface area contributed by atoms with E-state index in [0.717, 1.165) is 23.8 Å². The number of fused-ring (bicyclic) bond motifs is 1. The summed E-state index contributed by atoms with van der Waals surface area (Å²) >= 11 is 0. The van der Waals surface area contributed by atoms with Crippen LogP contribution in [0.4, 0.5) is 0 Å². The highest BCUT2D eigenvalue weighted by molar-refractivity contribution is 4.93. The van der Waals surface area contributed by atoms with Crippen LogP contribution in [0.1, 0.15) is 33.1 Å². The minimum absolute atomic E-state index is 0.860. The second-order valence-electron chi connectivity index (χ2n) is 4.46. The van der Waals surface area contributed by atoms with Crippen molar-refractivity contribution in [3.63, 3.8) is 0 Å². The van der Waals surface area contributed by atoms with Gasteiger partial charge in [-0.2, -0.15) is 0 Å². The molecule has 64 valence electrons. The summed E-state index contributed by atoms with van der Waals surface area (Å²) in [6, 6.07) is 0.860. The van der Waals surface area contributed by atoms with Gasteiger partial charge in [-0.05, 0) is 37.1 Å². The molecule has 1 nitrogen and oxygen atoms in total. The quantitative estimate of drug-likeness (QED) is 0.561. The Labute approximate surface area is 69.6 Å². The van der Waals surface area contributed by atoms with E-state index in [9.17, 15) is 0 Å². The Bertz CT molecular complexity index is 128. The van der Waals surface area contributed by atoms with E-state index in [1.807, 2.05) is 0 Å². The molecule has 11 heavy (non-hydrogen) atoms. The standard InChI is InChI=1S/C10H19N/c1-7-3-4-8(2)10-9(7)5-6-11-10/h7-11H,3-6H2,1-2H3. The Morgan fingerprint density at radius 2 is 1.73 bits per heavy atom. The van der Waals surface area contributed by atoms with Gasteiger partial charge in [-0.1, -0.05) is 20.3 Å². The van der Waals surface area contributed by atoms with E-state index >= 15 is 0 Å². The molecule has 0 spiro atoms. The summed E-state index contributed by atoms with van der Waals surface area (Å²) in [6.45, 7) is 6.10. The lowest BCUT2D eigenvalue weighted by atomic mass is 9.72. The number of nitrogens with one attached hydrogen (secondary N) is 1. The van der Waals surface area contributed by atoms with Gasteiger partial charge in [0.15, 0.2) is 0 Å². The third-order valence-corrected chi connectivity index (χ3v) is 3.74. The van der Waals surface area contributed by atoms with Crippen molar-refractivity contribution in [1.82, 2.24) is 5.32 Å². The van der Waals surface area contributed by atoms with Gasteiger partial charge in [-0.25, -0.2) is 0 Å². The highest BCUT2D eigenvalue weighted by Gasteiger charge is 2.37. The summed E-state index contributed by atoms with van der Waals surface area (Å²) in [5, 5.41) is 3.64. The summed E-state index contributed by atoms with van der Waals surface area (Å²) in [7, 11) is 0. The third-order valence-electron chi connectivity index (χ3n) is 3.74. The van der Waals surface area contributed by atoms with E-state index < -0.39 is 0 Å². The van der Waals surface area contributed by atoms with Crippen molar-refractivity contribution in [2.24, 2.45) is 17.8 Å². The maximum Gasteiger partial charge on any atom is 0.0124 e. The number of hydrogen-bond acceptors (Lipinski definition) is 1. The van der Waals surface area contributed by atoms with Crippen molar-refractivity contribution in [2.75, 3.05) is 6.54 Å². The van der Waals surface area contributed by atoms with Crippen molar-refractivity contribution < 1.29 is 0 Å². The fraction of sp³-hybridized carbons (Fsp3) is 1.00. The van der Waals surface area contributed by atoms with Gasteiger partial charge in [0.2, 0.25) is 0 Å². The largest absolute Gasteiger partial charge is 0.313 e. The van der Waals surface area contributed by atoms with E-state index in [-0.39, 0.29) is 0 Å². The average molecular weight is 153 g/mol. The Kier molecular flexibility index (Phi) is 1.92. The molecular weight excluding hydrogens is 134 g/mol. The summed E-state index contributed by atoms with van der Waals surface area (Å²) in [4.78, 5) is 0. The van der Waals surface area contributed by atoms with Crippen LogP contribution in [-0.4, -0.2) is 12.6 Å². The van der Waals surface area contributed by atoms with Crippen molar-refractivity contribution in [3.8, 4) is 0 Å². The van der Waals surface area contributed by atoms with E-state index in [4.69, 9.17) is 0 Å². The number of hydrogen-bond donors (Lipinski definition) is 1. The van der Waals surface area contributed by atoms with Crippen molar-refractivity contribution in [3.05, 3.63) is 0 Å². The van der Waals surface area contributed by atoms with Gasteiger partial charge in [-0.15, -0.1) is 0 Å². The van der Waals surface area contributed by atoms with Gasteiger partial charge in [0.25, 0.3) is 0 Å². The predicted octanol–water partition coefficient (Wildman–Crippen LogP) is 2.03. The molecule has 2 fully saturated rings. The van der Waals surface area contributed by atoms with E-state index in [0.29, 0.717) is 0 Å². The van der Waals surface area contributed by atoms with Crippen molar-refractivity contribution in [1.29, 1.82) is 0 Å². The average Bonchev–Trinajstić information content (AvgIpc) is 2.45. The molecule has 0 amide bonds. The van der Waals surface area contributed by atoms with Crippen LogP contribution in [0.15, 0.2) is 0 Å². The molecule has 1 heterocycles. The highest BCUT2D eigenvalue weighted by atomic mass is 15.0. The van der Waals surface area contributed by atoms with Crippen LogP contribution in [0.5, 0.6) is 0 Å². The van der Waals surface area contributed by atoms with Crippen LogP contribution in [0, 0.1) is 17.8 Å². The Hall–Kier alpha value is -0.0400. The van der Waals surface area contributed by atoms with Gasteiger partial charge in [-0.3, -0.25) is 0 Å². The smallest absolute Gasteiger partial charge is 0.0124 e. The van der Waals surface area contributed by atoms with Crippen LogP contribution in [0.25, 0.3) is 0 Å². The predicted molar refractivity (Wildman–Crippen MR) is 47.5 cm³/mol. The third kappa shape index (κ3) is 1.20. The van der Waals surface area contributed by atoms with Gasteiger partial charge < -0.3 is 5.32 Å². The summed E-state index contributed by atoms with van der Waals surface area (Å²) in [5.74, 6) is 2.91. The van der Waals surface area contributed by atoms with Crippen molar-refractivity contribution in [2.45, 2.75) is 39.2 Å². The second kappa shape index (κ2) is 2.78.